The van der Waals surface area contributed by atoms with Gasteiger partial charge in [0.2, 0.25) is 11.8 Å². The van der Waals surface area contributed by atoms with Gasteiger partial charge in [-0.15, -0.1) is 10.2 Å². The van der Waals surface area contributed by atoms with Crippen molar-refractivity contribution in [3.8, 4) is 17.2 Å². The average Bonchev–Trinajstić information content (AvgIpc) is 2.79. The van der Waals surface area contributed by atoms with Gasteiger partial charge < -0.3 is 9.15 Å². The molecule has 0 spiro atoms. The van der Waals surface area contributed by atoms with Crippen molar-refractivity contribution < 1.29 is 9.15 Å². The van der Waals surface area contributed by atoms with E-state index in [2.05, 4.69) is 22.8 Å². The van der Waals surface area contributed by atoms with E-state index in [1.165, 1.54) is 0 Å². The Kier molecular flexibility index (Phi) is 4.03. The summed E-state index contributed by atoms with van der Waals surface area (Å²) in [5, 5.41) is 7.95. The number of hydrogen-bond acceptors (Lipinski definition) is 5. The van der Waals surface area contributed by atoms with Crippen LogP contribution in [0.1, 0.15) is 12.8 Å². The maximum atomic E-state index is 5.52. The van der Waals surface area contributed by atoms with Crippen LogP contribution in [0.3, 0.4) is 0 Å². The van der Waals surface area contributed by atoms with Crippen molar-refractivity contribution in [1.29, 1.82) is 0 Å². The van der Waals surface area contributed by atoms with Crippen molar-refractivity contribution in [2.75, 3.05) is 12.4 Å². The Hall–Kier alpha value is -1.49. The van der Waals surface area contributed by atoms with E-state index in [1.54, 1.807) is 0 Å². The minimum Gasteiger partial charge on any atom is -0.494 e. The Morgan fingerprint density at radius 2 is 2.24 bits per heavy atom. The molecule has 1 aromatic carbocycles. The summed E-state index contributed by atoms with van der Waals surface area (Å²) in [4.78, 5) is 0. The first-order valence-electron chi connectivity index (χ1n) is 5.50. The third-order valence-electron chi connectivity index (χ3n) is 2.18. The molecular formula is C12H14N2O2S. The fraction of sp³-hybridized carbons (Fsp3) is 0.333. The van der Waals surface area contributed by atoms with Gasteiger partial charge in [0, 0.05) is 12.0 Å². The maximum Gasteiger partial charge on any atom is 0.247 e. The van der Waals surface area contributed by atoms with Gasteiger partial charge in [-0.05, 0) is 30.9 Å². The van der Waals surface area contributed by atoms with E-state index < -0.39 is 0 Å². The molecule has 0 aliphatic carbocycles. The monoisotopic (exact) mass is 250 g/mol. The second-order valence-corrected chi connectivity index (χ2v) is 3.88. The molecule has 0 radical (unpaired) electrons. The molecule has 1 aromatic heterocycles. The summed E-state index contributed by atoms with van der Waals surface area (Å²) in [5.41, 5.74) is 0.869. The van der Waals surface area contributed by atoms with E-state index in [0.29, 0.717) is 30.6 Å². The van der Waals surface area contributed by atoms with E-state index in [-0.39, 0.29) is 0 Å². The molecule has 0 unspecified atom stereocenters. The molecule has 0 aliphatic heterocycles. The summed E-state index contributed by atoms with van der Waals surface area (Å²) >= 11 is 4.12. The van der Waals surface area contributed by atoms with Crippen LogP contribution in [0.2, 0.25) is 0 Å². The first-order chi connectivity index (χ1) is 8.33. The molecule has 0 saturated carbocycles. The summed E-state index contributed by atoms with van der Waals surface area (Å²) in [6.07, 6.45) is 0.682. The van der Waals surface area contributed by atoms with Crippen LogP contribution in [0.15, 0.2) is 28.7 Å². The second kappa shape index (κ2) is 5.72. The predicted molar refractivity (Wildman–Crippen MR) is 68.5 cm³/mol. The quantitative estimate of drug-likeness (QED) is 0.829. The summed E-state index contributed by atoms with van der Waals surface area (Å²) in [6, 6.07) is 7.61. The lowest BCUT2D eigenvalue weighted by atomic mass is 10.2. The number of nitrogens with zero attached hydrogens (tertiary/aromatic N) is 2. The van der Waals surface area contributed by atoms with Crippen molar-refractivity contribution in [3.63, 3.8) is 0 Å². The van der Waals surface area contributed by atoms with Gasteiger partial charge in [-0.25, -0.2) is 0 Å². The molecular weight excluding hydrogens is 236 g/mol. The lowest BCUT2D eigenvalue weighted by Crippen LogP contribution is -1.91. The normalized spacial score (nSPS) is 10.5. The third kappa shape index (κ3) is 3.00. The lowest BCUT2D eigenvalue weighted by Gasteiger charge is -2.03. The first kappa shape index (κ1) is 12.0. The number of hydrogen-bond donors (Lipinski definition) is 1. The Bertz CT molecular complexity index is 485. The molecule has 90 valence electrons. The average molecular weight is 250 g/mol. The molecule has 2 aromatic rings. The standard InChI is InChI=1S/C12H14N2O2S/c1-2-15-10-5-3-4-9(8-10)12-14-13-11(16-12)6-7-17/h3-5,8,17H,2,6-7H2,1H3. The summed E-state index contributed by atoms with van der Waals surface area (Å²) < 4.78 is 10.9. The molecule has 0 N–H and O–H groups in total. The van der Waals surface area contributed by atoms with Gasteiger partial charge in [0.25, 0.3) is 0 Å². The van der Waals surface area contributed by atoms with Gasteiger partial charge in [-0.2, -0.15) is 12.6 Å². The van der Waals surface area contributed by atoms with Crippen LogP contribution in [0.25, 0.3) is 11.5 Å². The third-order valence-corrected chi connectivity index (χ3v) is 2.41. The number of benzene rings is 1. The van der Waals surface area contributed by atoms with Crippen LogP contribution >= 0.6 is 12.6 Å². The molecule has 0 atom stereocenters. The number of ether oxygens (including phenoxy) is 1. The van der Waals surface area contributed by atoms with Gasteiger partial charge in [0.1, 0.15) is 5.75 Å². The van der Waals surface area contributed by atoms with Crippen LogP contribution in [0.4, 0.5) is 0 Å². The zero-order valence-electron chi connectivity index (χ0n) is 9.59. The number of aromatic nitrogens is 2. The van der Waals surface area contributed by atoms with Crippen LogP contribution < -0.4 is 4.74 Å². The Balaban J connectivity index is 2.22. The molecule has 2 rings (SSSR count). The second-order valence-electron chi connectivity index (χ2n) is 3.44. The Morgan fingerprint density at radius 3 is 3.00 bits per heavy atom. The van der Waals surface area contributed by atoms with Crippen molar-refractivity contribution in [3.05, 3.63) is 30.2 Å². The van der Waals surface area contributed by atoms with Gasteiger partial charge in [0.05, 0.1) is 6.61 Å². The van der Waals surface area contributed by atoms with Crippen LogP contribution in [0, 0.1) is 0 Å². The summed E-state index contributed by atoms with van der Waals surface area (Å²) in [7, 11) is 0. The van der Waals surface area contributed by atoms with Crippen molar-refractivity contribution in [2.24, 2.45) is 0 Å². The van der Waals surface area contributed by atoms with E-state index >= 15 is 0 Å². The maximum absolute atomic E-state index is 5.52. The number of rotatable bonds is 5. The molecule has 0 saturated heterocycles. The van der Waals surface area contributed by atoms with E-state index in [4.69, 9.17) is 9.15 Å². The van der Waals surface area contributed by atoms with Crippen molar-refractivity contribution in [1.82, 2.24) is 10.2 Å². The number of aryl methyl sites for hydroxylation is 1. The minimum atomic E-state index is 0.517. The largest absolute Gasteiger partial charge is 0.494 e. The highest BCUT2D eigenvalue weighted by molar-refractivity contribution is 7.80. The van der Waals surface area contributed by atoms with Gasteiger partial charge in [-0.3, -0.25) is 0 Å². The smallest absolute Gasteiger partial charge is 0.247 e. The molecule has 5 heteroatoms. The minimum absolute atomic E-state index is 0.517. The van der Waals surface area contributed by atoms with Crippen LogP contribution in [-0.2, 0) is 6.42 Å². The van der Waals surface area contributed by atoms with E-state index in [0.717, 1.165) is 11.3 Å². The van der Waals surface area contributed by atoms with Crippen molar-refractivity contribution in [2.45, 2.75) is 13.3 Å². The molecule has 0 aliphatic rings. The molecule has 4 nitrogen and oxygen atoms in total. The Morgan fingerprint density at radius 1 is 1.35 bits per heavy atom. The first-order valence-corrected chi connectivity index (χ1v) is 6.13. The fourth-order valence-corrected chi connectivity index (χ4v) is 1.64. The number of thiol groups is 1. The highest BCUT2D eigenvalue weighted by Crippen LogP contribution is 2.22. The summed E-state index contributed by atoms with van der Waals surface area (Å²) in [5.74, 6) is 2.62. The van der Waals surface area contributed by atoms with Gasteiger partial charge in [-0.1, -0.05) is 6.07 Å². The SMILES string of the molecule is CCOc1cccc(-c2nnc(CCS)o2)c1. The molecule has 1 heterocycles. The molecule has 0 bridgehead atoms. The Labute approximate surface area is 105 Å². The van der Waals surface area contributed by atoms with Crippen LogP contribution in [0.5, 0.6) is 5.75 Å². The molecule has 17 heavy (non-hydrogen) atoms. The highest BCUT2D eigenvalue weighted by atomic mass is 32.1. The van der Waals surface area contributed by atoms with Crippen molar-refractivity contribution >= 4 is 12.6 Å². The van der Waals surface area contributed by atoms with Gasteiger partial charge >= 0.3 is 0 Å². The predicted octanol–water partition coefficient (Wildman–Crippen LogP) is 2.61. The zero-order valence-corrected chi connectivity index (χ0v) is 10.5. The van der Waals surface area contributed by atoms with Gasteiger partial charge in [0.15, 0.2) is 0 Å². The van der Waals surface area contributed by atoms with E-state index in [1.807, 2.05) is 31.2 Å². The van der Waals surface area contributed by atoms with E-state index in [9.17, 15) is 0 Å². The highest BCUT2D eigenvalue weighted by Gasteiger charge is 2.08. The molecule has 0 fully saturated rings. The topological polar surface area (TPSA) is 48.2 Å². The molecule has 0 amide bonds. The van der Waals surface area contributed by atoms with Crippen LogP contribution in [-0.4, -0.2) is 22.6 Å². The summed E-state index contributed by atoms with van der Waals surface area (Å²) in [6.45, 7) is 2.59. The zero-order chi connectivity index (χ0) is 12.1. The lowest BCUT2D eigenvalue weighted by molar-refractivity contribution is 0.340. The fourth-order valence-electron chi connectivity index (χ4n) is 1.45.